The predicted molar refractivity (Wildman–Crippen MR) is 107 cm³/mol. The molecule has 1 saturated heterocycles. The monoisotopic (exact) mass is 385 g/mol. The number of likely N-dealkylation sites (tertiary alicyclic amines) is 1. The third-order valence-electron chi connectivity index (χ3n) is 4.95. The molecule has 1 aliphatic heterocycles. The van der Waals surface area contributed by atoms with E-state index in [1.807, 2.05) is 30.3 Å². The van der Waals surface area contributed by atoms with Crippen molar-refractivity contribution in [2.24, 2.45) is 11.5 Å². The number of carbonyl (C=O) groups is 1. The standard InChI is InChI=1S/C21H27N3O4/c1-26-18-8-14(9-19(27-2)21(18)28-13-20(23)25)10-24-11-16(17(22)12-24)15-6-4-3-5-7-15/h3-9,16-17H,10-13,22H2,1-2H3,(H2,23,25)/t16-,17+/m0/s1. The molecule has 0 saturated carbocycles. The number of rotatable bonds is 8. The average molecular weight is 385 g/mol. The van der Waals surface area contributed by atoms with Gasteiger partial charge in [0.05, 0.1) is 14.2 Å². The topological polar surface area (TPSA) is 100 Å². The second-order valence-electron chi connectivity index (χ2n) is 6.96. The van der Waals surface area contributed by atoms with Crippen molar-refractivity contribution < 1.29 is 19.0 Å². The SMILES string of the molecule is COc1cc(CN2C[C@@H](N)[C@H](c3ccccc3)C2)cc(OC)c1OCC(N)=O. The first-order valence-electron chi connectivity index (χ1n) is 9.20. The van der Waals surface area contributed by atoms with Crippen molar-refractivity contribution in [1.82, 2.24) is 4.90 Å². The molecule has 0 radical (unpaired) electrons. The highest BCUT2D eigenvalue weighted by molar-refractivity contribution is 5.75. The van der Waals surface area contributed by atoms with Gasteiger partial charge in [-0.2, -0.15) is 0 Å². The Morgan fingerprint density at radius 2 is 1.75 bits per heavy atom. The fourth-order valence-corrected chi connectivity index (χ4v) is 3.66. The summed E-state index contributed by atoms with van der Waals surface area (Å²) in [5.41, 5.74) is 13.9. The quantitative estimate of drug-likeness (QED) is 0.714. The number of benzene rings is 2. The lowest BCUT2D eigenvalue weighted by Gasteiger charge is -2.19. The summed E-state index contributed by atoms with van der Waals surface area (Å²) in [5, 5.41) is 0. The van der Waals surface area contributed by atoms with Crippen LogP contribution in [-0.4, -0.2) is 50.8 Å². The zero-order valence-corrected chi connectivity index (χ0v) is 16.3. The molecule has 0 spiro atoms. The number of nitrogens with zero attached hydrogens (tertiary/aromatic N) is 1. The third-order valence-corrected chi connectivity index (χ3v) is 4.95. The Morgan fingerprint density at radius 1 is 1.11 bits per heavy atom. The van der Waals surface area contributed by atoms with Crippen molar-refractivity contribution in [3.63, 3.8) is 0 Å². The van der Waals surface area contributed by atoms with Gasteiger partial charge < -0.3 is 25.7 Å². The van der Waals surface area contributed by atoms with Crippen LogP contribution < -0.4 is 25.7 Å². The van der Waals surface area contributed by atoms with Crippen LogP contribution in [0, 0.1) is 0 Å². The maximum atomic E-state index is 11.0. The Morgan fingerprint density at radius 3 is 2.32 bits per heavy atom. The highest BCUT2D eigenvalue weighted by atomic mass is 16.5. The van der Waals surface area contributed by atoms with Gasteiger partial charge in [0.25, 0.3) is 5.91 Å². The average Bonchev–Trinajstić information content (AvgIpc) is 3.06. The highest BCUT2D eigenvalue weighted by Gasteiger charge is 2.31. The van der Waals surface area contributed by atoms with Crippen molar-refractivity contribution in [1.29, 1.82) is 0 Å². The first-order valence-corrected chi connectivity index (χ1v) is 9.20. The van der Waals surface area contributed by atoms with Gasteiger partial charge in [0, 0.05) is 31.6 Å². The van der Waals surface area contributed by atoms with E-state index in [9.17, 15) is 4.79 Å². The van der Waals surface area contributed by atoms with Crippen LogP contribution in [0.25, 0.3) is 0 Å². The van der Waals surface area contributed by atoms with Gasteiger partial charge in [0.2, 0.25) is 5.75 Å². The second kappa shape index (κ2) is 8.95. The van der Waals surface area contributed by atoms with Gasteiger partial charge >= 0.3 is 0 Å². The van der Waals surface area contributed by atoms with Crippen molar-refractivity contribution in [2.45, 2.75) is 18.5 Å². The number of primary amides is 1. The summed E-state index contributed by atoms with van der Waals surface area (Å²) in [4.78, 5) is 13.4. The summed E-state index contributed by atoms with van der Waals surface area (Å²) in [6.45, 7) is 2.16. The van der Waals surface area contributed by atoms with E-state index in [0.717, 1.165) is 18.7 Å². The molecule has 2 aromatic carbocycles. The minimum absolute atomic E-state index is 0.0874. The number of amides is 1. The van der Waals surface area contributed by atoms with Crippen LogP contribution in [0.5, 0.6) is 17.2 Å². The van der Waals surface area contributed by atoms with E-state index in [-0.39, 0.29) is 12.6 Å². The lowest BCUT2D eigenvalue weighted by molar-refractivity contribution is -0.119. The smallest absolute Gasteiger partial charge is 0.255 e. The van der Waals surface area contributed by atoms with Gasteiger partial charge in [-0.15, -0.1) is 0 Å². The molecular weight excluding hydrogens is 358 g/mol. The number of methoxy groups -OCH3 is 2. The van der Waals surface area contributed by atoms with E-state index >= 15 is 0 Å². The molecule has 3 rings (SSSR count). The molecule has 1 aliphatic rings. The fourth-order valence-electron chi connectivity index (χ4n) is 3.66. The summed E-state index contributed by atoms with van der Waals surface area (Å²) in [5.74, 6) is 1.11. The summed E-state index contributed by atoms with van der Waals surface area (Å²) in [6, 6.07) is 14.2. The number of hydrogen-bond acceptors (Lipinski definition) is 6. The van der Waals surface area contributed by atoms with E-state index in [0.29, 0.717) is 29.7 Å². The zero-order valence-electron chi connectivity index (χ0n) is 16.3. The molecule has 2 atom stereocenters. The lowest BCUT2D eigenvalue weighted by atomic mass is 9.95. The minimum atomic E-state index is -0.564. The van der Waals surface area contributed by atoms with Crippen molar-refractivity contribution in [3.05, 3.63) is 53.6 Å². The Hall–Kier alpha value is -2.77. The van der Waals surface area contributed by atoms with E-state index in [1.54, 1.807) is 14.2 Å². The Kier molecular flexibility index (Phi) is 6.38. The molecule has 1 amide bonds. The number of carbonyl (C=O) groups excluding carboxylic acids is 1. The van der Waals surface area contributed by atoms with E-state index in [1.165, 1.54) is 5.56 Å². The van der Waals surface area contributed by atoms with Crippen LogP contribution in [0.2, 0.25) is 0 Å². The number of hydrogen-bond donors (Lipinski definition) is 2. The van der Waals surface area contributed by atoms with E-state index in [4.69, 9.17) is 25.7 Å². The molecule has 7 heteroatoms. The Labute approximate surface area is 165 Å². The highest BCUT2D eigenvalue weighted by Crippen LogP contribution is 2.39. The number of ether oxygens (including phenoxy) is 3. The van der Waals surface area contributed by atoms with Crippen LogP contribution in [0.1, 0.15) is 17.0 Å². The summed E-state index contributed by atoms with van der Waals surface area (Å²) >= 11 is 0. The molecule has 1 heterocycles. The van der Waals surface area contributed by atoms with Gasteiger partial charge in [-0.1, -0.05) is 30.3 Å². The summed E-state index contributed by atoms with van der Waals surface area (Å²) < 4.78 is 16.3. The maximum Gasteiger partial charge on any atom is 0.255 e. The molecule has 7 nitrogen and oxygen atoms in total. The van der Waals surface area contributed by atoms with Crippen LogP contribution in [0.4, 0.5) is 0 Å². The molecule has 150 valence electrons. The Bertz CT molecular complexity index is 788. The zero-order chi connectivity index (χ0) is 20.1. The van der Waals surface area contributed by atoms with Gasteiger partial charge in [-0.3, -0.25) is 9.69 Å². The van der Waals surface area contributed by atoms with Crippen molar-refractivity contribution >= 4 is 5.91 Å². The predicted octanol–water partition coefficient (Wildman–Crippen LogP) is 1.49. The molecule has 2 aromatic rings. The second-order valence-corrected chi connectivity index (χ2v) is 6.96. The van der Waals surface area contributed by atoms with Gasteiger partial charge in [0.15, 0.2) is 18.1 Å². The van der Waals surface area contributed by atoms with Gasteiger partial charge in [-0.25, -0.2) is 0 Å². The summed E-state index contributed by atoms with van der Waals surface area (Å²) in [7, 11) is 3.10. The number of nitrogens with two attached hydrogens (primary N) is 2. The third kappa shape index (κ3) is 4.55. The largest absolute Gasteiger partial charge is 0.493 e. The van der Waals surface area contributed by atoms with Crippen LogP contribution >= 0.6 is 0 Å². The molecule has 0 aliphatic carbocycles. The van der Waals surface area contributed by atoms with E-state index in [2.05, 4.69) is 17.0 Å². The molecule has 4 N–H and O–H groups in total. The Balaban J connectivity index is 1.76. The fraction of sp³-hybridized carbons (Fsp3) is 0.381. The first kappa shape index (κ1) is 20.0. The molecule has 0 bridgehead atoms. The molecular formula is C21H27N3O4. The minimum Gasteiger partial charge on any atom is -0.493 e. The molecule has 0 unspecified atom stereocenters. The maximum absolute atomic E-state index is 11.0. The molecule has 1 fully saturated rings. The van der Waals surface area contributed by atoms with Crippen molar-refractivity contribution in [3.8, 4) is 17.2 Å². The molecule has 0 aromatic heterocycles. The van der Waals surface area contributed by atoms with Crippen molar-refractivity contribution in [2.75, 3.05) is 33.9 Å². The first-order chi connectivity index (χ1) is 13.5. The summed E-state index contributed by atoms with van der Waals surface area (Å²) in [6.07, 6.45) is 0. The van der Waals surface area contributed by atoms with Crippen LogP contribution in [0.15, 0.2) is 42.5 Å². The van der Waals surface area contributed by atoms with E-state index < -0.39 is 5.91 Å². The lowest BCUT2D eigenvalue weighted by Crippen LogP contribution is -2.28. The van der Waals surface area contributed by atoms with Crippen LogP contribution in [-0.2, 0) is 11.3 Å². The normalized spacial score (nSPS) is 19.4. The molecule has 28 heavy (non-hydrogen) atoms. The van der Waals surface area contributed by atoms with Gasteiger partial charge in [0.1, 0.15) is 0 Å². The van der Waals surface area contributed by atoms with Gasteiger partial charge in [-0.05, 0) is 23.3 Å². The van der Waals surface area contributed by atoms with Crippen LogP contribution in [0.3, 0.4) is 0 Å².